The Balaban J connectivity index is 3.03. The van der Waals surface area contributed by atoms with Crippen molar-refractivity contribution in [1.29, 1.82) is 0 Å². The monoisotopic (exact) mass is 377 g/mol. The average molecular weight is 378 g/mol. The third kappa shape index (κ3) is 5.60. The predicted octanol–water partition coefficient (Wildman–Crippen LogP) is 2.80. The van der Waals surface area contributed by atoms with E-state index in [1.54, 1.807) is 14.0 Å². The fraction of sp³-hybridized carbons (Fsp3) is 0.600. The van der Waals surface area contributed by atoms with Gasteiger partial charge in [-0.05, 0) is 50.1 Å². The van der Waals surface area contributed by atoms with Gasteiger partial charge in [0.1, 0.15) is 5.75 Å². The smallest absolute Gasteiger partial charge is 0.151 e. The van der Waals surface area contributed by atoms with Gasteiger partial charge < -0.3 is 10.1 Å². The molecule has 2 unspecified atom stereocenters. The molecule has 1 rings (SSSR count). The second kappa shape index (κ2) is 8.15. The zero-order valence-electron chi connectivity index (χ0n) is 13.0. The molecule has 0 aromatic heterocycles. The lowest BCUT2D eigenvalue weighted by atomic mass is 10.0. The number of rotatable bonds is 8. The molecular formula is C15H24BrNO3S. The summed E-state index contributed by atoms with van der Waals surface area (Å²) >= 11 is 3.45. The van der Waals surface area contributed by atoms with E-state index in [9.17, 15) is 8.42 Å². The lowest BCUT2D eigenvalue weighted by Crippen LogP contribution is -2.44. The number of sulfone groups is 1. The summed E-state index contributed by atoms with van der Waals surface area (Å²) in [5.74, 6) is 0.780. The fourth-order valence-electron chi connectivity index (χ4n) is 2.18. The Morgan fingerprint density at radius 1 is 1.38 bits per heavy atom. The summed E-state index contributed by atoms with van der Waals surface area (Å²) in [7, 11) is -1.47. The van der Waals surface area contributed by atoms with Crippen molar-refractivity contribution in [2.75, 3.05) is 19.9 Å². The van der Waals surface area contributed by atoms with Crippen LogP contribution in [0.25, 0.3) is 0 Å². The van der Waals surface area contributed by atoms with Crippen LogP contribution < -0.4 is 10.1 Å². The molecule has 0 radical (unpaired) electrons. The number of benzene rings is 1. The molecule has 0 saturated carbocycles. The highest BCUT2D eigenvalue weighted by atomic mass is 79.9. The second-order valence-corrected chi connectivity index (χ2v) is 8.57. The maximum absolute atomic E-state index is 11.9. The molecule has 6 heteroatoms. The molecule has 4 nitrogen and oxygen atoms in total. The van der Waals surface area contributed by atoms with Gasteiger partial charge in [-0.2, -0.15) is 0 Å². The average Bonchev–Trinajstić information content (AvgIpc) is 2.41. The maximum atomic E-state index is 11.9. The standard InChI is InChI=1S/C15H24BrNO3S/c1-5-8-17-14(11(2)21(4,18)19)10-12-9-13(16)6-7-15(12)20-3/h6-7,9,11,14,17H,5,8,10H2,1-4H3. The highest BCUT2D eigenvalue weighted by molar-refractivity contribution is 9.10. The van der Waals surface area contributed by atoms with Gasteiger partial charge in [0.05, 0.1) is 12.4 Å². The second-order valence-electron chi connectivity index (χ2n) is 5.26. The molecule has 0 saturated heterocycles. The maximum Gasteiger partial charge on any atom is 0.151 e. The molecule has 0 bridgehead atoms. The van der Waals surface area contributed by atoms with E-state index in [0.29, 0.717) is 6.42 Å². The van der Waals surface area contributed by atoms with E-state index in [1.165, 1.54) is 6.26 Å². The first-order chi connectivity index (χ1) is 9.79. The van der Waals surface area contributed by atoms with E-state index in [-0.39, 0.29) is 6.04 Å². The van der Waals surface area contributed by atoms with Crippen molar-refractivity contribution in [2.24, 2.45) is 0 Å². The Morgan fingerprint density at radius 2 is 2.05 bits per heavy atom. The van der Waals surface area contributed by atoms with Crippen molar-refractivity contribution in [1.82, 2.24) is 5.32 Å². The minimum Gasteiger partial charge on any atom is -0.496 e. The third-order valence-corrected chi connectivity index (χ3v) is 5.75. The van der Waals surface area contributed by atoms with Gasteiger partial charge in [0.15, 0.2) is 9.84 Å². The first kappa shape index (κ1) is 18.5. The topological polar surface area (TPSA) is 55.4 Å². The van der Waals surface area contributed by atoms with Crippen molar-refractivity contribution < 1.29 is 13.2 Å². The number of methoxy groups -OCH3 is 1. The summed E-state index contributed by atoms with van der Waals surface area (Å²) in [6, 6.07) is 5.65. The van der Waals surface area contributed by atoms with E-state index >= 15 is 0 Å². The van der Waals surface area contributed by atoms with Crippen LogP contribution in [0, 0.1) is 0 Å². The number of ether oxygens (including phenoxy) is 1. The number of halogens is 1. The largest absolute Gasteiger partial charge is 0.496 e. The molecule has 1 aromatic rings. The van der Waals surface area contributed by atoms with Gasteiger partial charge >= 0.3 is 0 Å². The molecule has 0 fully saturated rings. The van der Waals surface area contributed by atoms with Crippen LogP contribution in [-0.2, 0) is 16.3 Å². The first-order valence-corrected chi connectivity index (χ1v) is 9.79. The van der Waals surface area contributed by atoms with Crippen LogP contribution in [0.1, 0.15) is 25.8 Å². The van der Waals surface area contributed by atoms with E-state index in [2.05, 4.69) is 28.2 Å². The number of hydrogen-bond acceptors (Lipinski definition) is 4. The minimum atomic E-state index is -3.10. The Morgan fingerprint density at radius 3 is 2.57 bits per heavy atom. The molecule has 120 valence electrons. The summed E-state index contributed by atoms with van der Waals surface area (Å²) in [5.41, 5.74) is 0.996. The van der Waals surface area contributed by atoms with E-state index < -0.39 is 15.1 Å². The Labute approximate surface area is 136 Å². The molecule has 1 N–H and O–H groups in total. The molecule has 0 heterocycles. The zero-order chi connectivity index (χ0) is 16.0. The van der Waals surface area contributed by atoms with Gasteiger partial charge in [0.2, 0.25) is 0 Å². The van der Waals surface area contributed by atoms with E-state index in [4.69, 9.17) is 4.74 Å². The molecule has 2 atom stereocenters. The molecule has 0 aliphatic rings. The molecule has 0 aliphatic heterocycles. The lowest BCUT2D eigenvalue weighted by molar-refractivity contribution is 0.403. The molecule has 0 spiro atoms. The van der Waals surface area contributed by atoms with Gasteiger partial charge in [-0.1, -0.05) is 22.9 Å². The lowest BCUT2D eigenvalue weighted by Gasteiger charge is -2.25. The summed E-state index contributed by atoms with van der Waals surface area (Å²) in [6.07, 6.45) is 2.86. The number of hydrogen-bond donors (Lipinski definition) is 1. The molecule has 1 aromatic carbocycles. The van der Waals surface area contributed by atoms with Crippen molar-refractivity contribution >= 4 is 25.8 Å². The van der Waals surface area contributed by atoms with Crippen LogP contribution in [0.2, 0.25) is 0 Å². The molecule has 0 aliphatic carbocycles. The highest BCUT2D eigenvalue weighted by Gasteiger charge is 2.26. The van der Waals surface area contributed by atoms with Gasteiger partial charge in [-0.25, -0.2) is 8.42 Å². The predicted molar refractivity (Wildman–Crippen MR) is 90.8 cm³/mol. The highest BCUT2D eigenvalue weighted by Crippen LogP contribution is 2.25. The van der Waals surface area contributed by atoms with E-state index in [0.717, 1.165) is 28.8 Å². The molecule has 21 heavy (non-hydrogen) atoms. The van der Waals surface area contributed by atoms with Crippen LogP contribution in [-0.4, -0.2) is 39.6 Å². The van der Waals surface area contributed by atoms with Gasteiger partial charge in [0, 0.05) is 16.8 Å². The summed E-state index contributed by atoms with van der Waals surface area (Å²) in [4.78, 5) is 0. The third-order valence-electron chi connectivity index (χ3n) is 3.58. The van der Waals surface area contributed by atoms with Crippen LogP contribution in [0.5, 0.6) is 5.75 Å². The molecule has 0 amide bonds. The summed E-state index contributed by atoms with van der Waals surface area (Å²) in [5, 5.41) is 2.89. The quantitative estimate of drug-likeness (QED) is 0.756. The fourth-order valence-corrected chi connectivity index (χ4v) is 3.37. The van der Waals surface area contributed by atoms with Crippen LogP contribution in [0.15, 0.2) is 22.7 Å². The SMILES string of the molecule is CCCNC(Cc1cc(Br)ccc1OC)C(C)S(C)(=O)=O. The number of nitrogens with one attached hydrogen (secondary N) is 1. The van der Waals surface area contributed by atoms with Crippen molar-refractivity contribution in [3.63, 3.8) is 0 Å². The van der Waals surface area contributed by atoms with Crippen molar-refractivity contribution in [3.05, 3.63) is 28.2 Å². The Bertz CT molecular complexity index is 560. The van der Waals surface area contributed by atoms with Crippen LogP contribution >= 0.6 is 15.9 Å². The van der Waals surface area contributed by atoms with Gasteiger partial charge in [-0.15, -0.1) is 0 Å². The van der Waals surface area contributed by atoms with Crippen LogP contribution in [0.4, 0.5) is 0 Å². The van der Waals surface area contributed by atoms with Gasteiger partial charge in [0.25, 0.3) is 0 Å². The Hall–Kier alpha value is -0.590. The summed E-state index contributed by atoms with van der Waals surface area (Å²) < 4.78 is 30.1. The first-order valence-electron chi connectivity index (χ1n) is 7.04. The van der Waals surface area contributed by atoms with Crippen molar-refractivity contribution in [2.45, 2.75) is 38.0 Å². The normalized spacial score (nSPS) is 14.7. The van der Waals surface area contributed by atoms with Crippen molar-refractivity contribution in [3.8, 4) is 5.75 Å². The zero-order valence-corrected chi connectivity index (χ0v) is 15.4. The Kier molecular flexibility index (Phi) is 7.16. The molecular weight excluding hydrogens is 354 g/mol. The van der Waals surface area contributed by atoms with E-state index in [1.807, 2.05) is 18.2 Å². The van der Waals surface area contributed by atoms with Gasteiger partial charge in [-0.3, -0.25) is 0 Å². The minimum absolute atomic E-state index is 0.136. The summed E-state index contributed by atoms with van der Waals surface area (Å²) in [6.45, 7) is 4.61. The van der Waals surface area contributed by atoms with Crippen LogP contribution in [0.3, 0.4) is 0 Å².